The van der Waals surface area contributed by atoms with Gasteiger partial charge in [-0.3, -0.25) is 4.79 Å². The molecule has 0 bridgehead atoms. The van der Waals surface area contributed by atoms with Crippen LogP contribution in [0, 0.1) is 5.92 Å². The number of halogens is 1. The summed E-state index contributed by atoms with van der Waals surface area (Å²) in [5.74, 6) is 0.455. The summed E-state index contributed by atoms with van der Waals surface area (Å²) in [6.07, 6.45) is 0.779. The van der Waals surface area contributed by atoms with Gasteiger partial charge in [0.15, 0.2) is 5.69 Å². The van der Waals surface area contributed by atoms with Crippen LogP contribution in [0.25, 0.3) is 0 Å². The number of fused-ring (bicyclic) bond motifs is 1. The highest BCUT2D eigenvalue weighted by atomic mass is 35.5. The zero-order chi connectivity index (χ0) is 15.7. The number of carbonyl (C=O) groups is 1. The van der Waals surface area contributed by atoms with Gasteiger partial charge in [-0.25, -0.2) is 4.68 Å². The molecule has 5 heteroatoms. The van der Waals surface area contributed by atoms with E-state index in [0.717, 1.165) is 30.6 Å². The van der Waals surface area contributed by atoms with Gasteiger partial charge in [0, 0.05) is 18.7 Å². The van der Waals surface area contributed by atoms with Gasteiger partial charge in [-0.1, -0.05) is 55.8 Å². The second-order valence-corrected chi connectivity index (χ2v) is 6.51. The number of aromatic nitrogens is 2. The SMILES string of the molecule is CC(C)CN1CCc2c(nn(Cc3ccccc3)c2Cl)C1=O. The van der Waals surface area contributed by atoms with Gasteiger partial charge < -0.3 is 4.90 Å². The Labute approximate surface area is 135 Å². The minimum Gasteiger partial charge on any atom is -0.337 e. The Morgan fingerprint density at radius 3 is 2.68 bits per heavy atom. The van der Waals surface area contributed by atoms with Crippen LogP contribution in [0.2, 0.25) is 5.15 Å². The quantitative estimate of drug-likeness (QED) is 0.868. The van der Waals surface area contributed by atoms with Crippen LogP contribution in [0.1, 0.15) is 35.5 Å². The van der Waals surface area contributed by atoms with Crippen molar-refractivity contribution in [1.82, 2.24) is 14.7 Å². The lowest BCUT2D eigenvalue weighted by atomic mass is 10.1. The Balaban J connectivity index is 1.87. The molecule has 1 aromatic carbocycles. The molecule has 0 unspecified atom stereocenters. The van der Waals surface area contributed by atoms with Crippen LogP contribution >= 0.6 is 11.6 Å². The topological polar surface area (TPSA) is 38.1 Å². The number of amides is 1. The van der Waals surface area contributed by atoms with E-state index in [4.69, 9.17) is 11.6 Å². The predicted molar refractivity (Wildman–Crippen MR) is 87.2 cm³/mol. The molecule has 0 radical (unpaired) electrons. The maximum atomic E-state index is 12.6. The van der Waals surface area contributed by atoms with Gasteiger partial charge in [-0.2, -0.15) is 5.10 Å². The Morgan fingerprint density at radius 1 is 1.27 bits per heavy atom. The number of rotatable bonds is 4. The molecule has 0 spiro atoms. The van der Waals surface area contributed by atoms with Crippen molar-refractivity contribution >= 4 is 17.5 Å². The summed E-state index contributed by atoms with van der Waals surface area (Å²) < 4.78 is 1.73. The summed E-state index contributed by atoms with van der Waals surface area (Å²) >= 11 is 6.44. The minimum atomic E-state index is 0.00339. The first kappa shape index (κ1) is 15.1. The molecule has 2 aromatic rings. The van der Waals surface area contributed by atoms with Crippen LogP contribution in [0.4, 0.5) is 0 Å². The molecular weight excluding hydrogens is 298 g/mol. The Morgan fingerprint density at radius 2 is 2.00 bits per heavy atom. The third-order valence-electron chi connectivity index (χ3n) is 3.86. The number of benzene rings is 1. The van der Waals surface area contributed by atoms with Crippen LogP contribution in [-0.4, -0.2) is 33.7 Å². The summed E-state index contributed by atoms with van der Waals surface area (Å²) in [5, 5.41) is 5.07. The highest BCUT2D eigenvalue weighted by molar-refractivity contribution is 6.31. The van der Waals surface area contributed by atoms with Crippen molar-refractivity contribution in [2.45, 2.75) is 26.8 Å². The lowest BCUT2D eigenvalue weighted by Gasteiger charge is -2.27. The molecule has 0 aliphatic carbocycles. The number of nitrogens with zero attached hydrogens (tertiary/aromatic N) is 3. The van der Waals surface area contributed by atoms with E-state index in [-0.39, 0.29) is 5.91 Å². The van der Waals surface area contributed by atoms with Crippen LogP contribution in [0.5, 0.6) is 0 Å². The zero-order valence-corrected chi connectivity index (χ0v) is 13.7. The number of hydrogen-bond acceptors (Lipinski definition) is 2. The van der Waals surface area contributed by atoms with Crippen LogP contribution in [0.15, 0.2) is 30.3 Å². The largest absolute Gasteiger partial charge is 0.337 e. The minimum absolute atomic E-state index is 0.00339. The fourth-order valence-corrected chi connectivity index (χ4v) is 3.13. The van der Waals surface area contributed by atoms with Crippen molar-refractivity contribution in [2.24, 2.45) is 5.92 Å². The zero-order valence-electron chi connectivity index (χ0n) is 12.9. The van der Waals surface area contributed by atoms with Gasteiger partial charge in [0.25, 0.3) is 5.91 Å². The van der Waals surface area contributed by atoms with Gasteiger partial charge in [0.05, 0.1) is 6.54 Å². The Hall–Kier alpha value is -1.81. The lowest BCUT2D eigenvalue weighted by Crippen LogP contribution is -2.39. The molecule has 116 valence electrons. The van der Waals surface area contributed by atoms with Gasteiger partial charge in [0.2, 0.25) is 0 Å². The fraction of sp³-hybridized carbons (Fsp3) is 0.412. The first-order valence-corrected chi connectivity index (χ1v) is 8.02. The summed E-state index contributed by atoms with van der Waals surface area (Å²) in [6, 6.07) is 10.0. The summed E-state index contributed by atoms with van der Waals surface area (Å²) in [6.45, 7) is 6.31. The average Bonchev–Trinajstić information content (AvgIpc) is 2.80. The Kier molecular flexibility index (Phi) is 4.21. The second-order valence-electron chi connectivity index (χ2n) is 6.16. The van der Waals surface area contributed by atoms with Crippen molar-refractivity contribution in [3.63, 3.8) is 0 Å². The summed E-state index contributed by atoms with van der Waals surface area (Å²) in [7, 11) is 0. The van der Waals surface area contributed by atoms with E-state index in [0.29, 0.717) is 23.3 Å². The van der Waals surface area contributed by atoms with Gasteiger partial charge in [-0.15, -0.1) is 0 Å². The lowest BCUT2D eigenvalue weighted by molar-refractivity contribution is 0.0713. The van der Waals surface area contributed by atoms with Crippen molar-refractivity contribution in [3.8, 4) is 0 Å². The van der Waals surface area contributed by atoms with E-state index < -0.39 is 0 Å². The van der Waals surface area contributed by atoms with Crippen molar-refractivity contribution in [2.75, 3.05) is 13.1 Å². The maximum Gasteiger partial charge on any atom is 0.274 e. The monoisotopic (exact) mass is 317 g/mol. The highest BCUT2D eigenvalue weighted by Gasteiger charge is 2.30. The molecule has 0 fully saturated rings. The molecule has 1 amide bonds. The van der Waals surface area contributed by atoms with Crippen molar-refractivity contribution in [1.29, 1.82) is 0 Å². The number of carbonyl (C=O) groups excluding carboxylic acids is 1. The molecule has 1 aromatic heterocycles. The van der Waals surface area contributed by atoms with Gasteiger partial charge in [0.1, 0.15) is 5.15 Å². The molecule has 1 aliphatic heterocycles. The van der Waals surface area contributed by atoms with E-state index in [1.807, 2.05) is 35.2 Å². The summed E-state index contributed by atoms with van der Waals surface area (Å²) in [5.41, 5.74) is 2.53. The average molecular weight is 318 g/mol. The van der Waals surface area contributed by atoms with E-state index in [2.05, 4.69) is 18.9 Å². The van der Waals surface area contributed by atoms with E-state index in [1.54, 1.807) is 4.68 Å². The third-order valence-corrected chi connectivity index (χ3v) is 4.29. The van der Waals surface area contributed by atoms with Crippen molar-refractivity contribution in [3.05, 3.63) is 52.3 Å². The third kappa shape index (κ3) is 2.88. The molecule has 0 saturated heterocycles. The molecular formula is C17H20ClN3O. The Bertz CT molecular complexity index is 679. The molecule has 3 rings (SSSR count). The van der Waals surface area contributed by atoms with Gasteiger partial charge >= 0.3 is 0 Å². The maximum absolute atomic E-state index is 12.6. The fourth-order valence-electron chi connectivity index (χ4n) is 2.85. The van der Waals surface area contributed by atoms with E-state index in [1.165, 1.54) is 0 Å². The van der Waals surface area contributed by atoms with Crippen molar-refractivity contribution < 1.29 is 4.79 Å². The molecule has 4 nitrogen and oxygen atoms in total. The molecule has 22 heavy (non-hydrogen) atoms. The second kappa shape index (κ2) is 6.13. The van der Waals surface area contributed by atoms with E-state index in [9.17, 15) is 4.79 Å². The molecule has 2 heterocycles. The predicted octanol–water partition coefficient (Wildman–Crippen LogP) is 3.24. The smallest absolute Gasteiger partial charge is 0.274 e. The van der Waals surface area contributed by atoms with Crippen LogP contribution in [0.3, 0.4) is 0 Å². The first-order chi connectivity index (χ1) is 10.6. The normalized spacial score (nSPS) is 14.5. The number of hydrogen-bond donors (Lipinski definition) is 0. The molecule has 1 aliphatic rings. The van der Waals surface area contributed by atoms with Crippen LogP contribution in [-0.2, 0) is 13.0 Å². The molecule has 0 N–H and O–H groups in total. The summed E-state index contributed by atoms with van der Waals surface area (Å²) in [4.78, 5) is 14.4. The molecule has 0 saturated carbocycles. The van der Waals surface area contributed by atoms with Crippen LogP contribution < -0.4 is 0 Å². The molecule has 0 atom stereocenters. The van der Waals surface area contributed by atoms with E-state index >= 15 is 0 Å². The standard InChI is InChI=1S/C17H20ClN3O/c1-12(2)10-20-9-8-14-15(17(20)22)19-21(16(14)18)11-13-6-4-3-5-7-13/h3-7,12H,8-11H2,1-2H3. The first-order valence-electron chi connectivity index (χ1n) is 7.64. The van der Waals surface area contributed by atoms with Gasteiger partial charge in [-0.05, 0) is 17.9 Å². The highest BCUT2D eigenvalue weighted by Crippen LogP contribution is 2.27.